The first kappa shape index (κ1) is 31.0. The third-order valence-electron chi connectivity index (χ3n) is 7.19. The lowest BCUT2D eigenvalue weighted by Gasteiger charge is -2.44. The van der Waals surface area contributed by atoms with Crippen LogP contribution in [0.15, 0.2) is 42.0 Å². The highest BCUT2D eigenvalue weighted by Crippen LogP contribution is 2.50. The largest absolute Gasteiger partial charge is 0.491 e. The number of fused-ring (bicyclic) bond motifs is 2. The second kappa shape index (κ2) is 13.8. The van der Waals surface area contributed by atoms with Crippen LogP contribution in [0.5, 0.6) is 5.75 Å². The van der Waals surface area contributed by atoms with Crippen molar-refractivity contribution in [2.45, 2.75) is 51.4 Å². The molecule has 0 spiro atoms. The van der Waals surface area contributed by atoms with E-state index in [0.717, 1.165) is 22.3 Å². The maximum atomic E-state index is 15.7. The van der Waals surface area contributed by atoms with E-state index in [1.54, 1.807) is 0 Å². The molecule has 0 aromatic heterocycles. The average Bonchev–Trinajstić information content (AvgIpc) is 3.25. The summed E-state index contributed by atoms with van der Waals surface area (Å²) in [7, 11) is 0. The molecule has 2 aliphatic rings. The highest BCUT2D eigenvalue weighted by molar-refractivity contribution is 5.79. The molecule has 0 saturated heterocycles. The van der Waals surface area contributed by atoms with Crippen LogP contribution in [0.3, 0.4) is 0 Å². The molecule has 224 valence electrons. The van der Waals surface area contributed by atoms with Crippen LogP contribution < -0.4 is 4.74 Å². The number of benzene rings is 2. The topological polar surface area (TPSA) is 77.5 Å². The van der Waals surface area contributed by atoms with Gasteiger partial charge in [-0.25, -0.2) is 18.0 Å². The van der Waals surface area contributed by atoms with Crippen molar-refractivity contribution in [1.82, 2.24) is 4.90 Å². The summed E-state index contributed by atoms with van der Waals surface area (Å²) in [6.45, 7) is 5.82. The number of alkyl halides is 1. The molecular formula is C31H38F3NO6. The lowest BCUT2D eigenvalue weighted by atomic mass is 9.84. The quantitative estimate of drug-likeness (QED) is 0.285. The Labute approximate surface area is 238 Å². The molecule has 1 heterocycles. The van der Waals surface area contributed by atoms with Crippen molar-refractivity contribution < 1.29 is 42.0 Å². The smallest absolute Gasteiger partial charge is 0.329 e. The van der Waals surface area contributed by atoms with Crippen molar-refractivity contribution in [3.8, 4) is 5.75 Å². The fraction of sp³-hybridized carbons (Fsp3) is 0.516. The number of carbonyl (C=O) groups is 1. The second-order valence-electron chi connectivity index (χ2n) is 11.0. The third kappa shape index (κ3) is 8.09. The first-order valence-electron chi connectivity index (χ1n) is 13.9. The lowest BCUT2D eigenvalue weighted by Crippen LogP contribution is -2.47. The van der Waals surface area contributed by atoms with E-state index in [-0.39, 0.29) is 70.1 Å². The summed E-state index contributed by atoms with van der Waals surface area (Å²) in [5, 5.41) is 8.49. The van der Waals surface area contributed by atoms with E-state index in [0.29, 0.717) is 12.8 Å². The van der Waals surface area contributed by atoms with Gasteiger partial charge >= 0.3 is 5.97 Å². The Hall–Kier alpha value is -2.92. The molecule has 0 radical (unpaired) electrons. The highest BCUT2D eigenvalue weighted by atomic mass is 19.1. The summed E-state index contributed by atoms with van der Waals surface area (Å²) >= 11 is 0. The molecule has 0 fully saturated rings. The summed E-state index contributed by atoms with van der Waals surface area (Å²) in [5.74, 6) is -2.46. The van der Waals surface area contributed by atoms with Gasteiger partial charge in [0.15, 0.2) is 0 Å². The minimum absolute atomic E-state index is 0.0412. The number of carboxylic acids is 1. The predicted molar refractivity (Wildman–Crippen MR) is 148 cm³/mol. The first-order valence-corrected chi connectivity index (χ1v) is 13.9. The second-order valence-corrected chi connectivity index (χ2v) is 11.0. The van der Waals surface area contributed by atoms with Crippen LogP contribution in [0.1, 0.15) is 49.9 Å². The number of carboxylic acid groups (broad SMARTS) is 1. The number of rotatable bonds is 15. The van der Waals surface area contributed by atoms with Gasteiger partial charge < -0.3 is 24.1 Å². The third-order valence-corrected chi connectivity index (χ3v) is 7.19. The maximum Gasteiger partial charge on any atom is 0.329 e. The van der Waals surface area contributed by atoms with Crippen molar-refractivity contribution in [1.29, 1.82) is 0 Å². The monoisotopic (exact) mass is 577 g/mol. The van der Waals surface area contributed by atoms with Gasteiger partial charge in [-0.2, -0.15) is 0 Å². The van der Waals surface area contributed by atoms with Crippen molar-refractivity contribution in [2.75, 3.05) is 52.8 Å². The van der Waals surface area contributed by atoms with Crippen LogP contribution in [0.2, 0.25) is 0 Å². The molecule has 10 heteroatoms. The van der Waals surface area contributed by atoms with E-state index < -0.39 is 29.3 Å². The Balaban J connectivity index is 1.40. The molecule has 2 atom stereocenters. The SMILES string of the molecule is C[C@@H]1CC2=C(Cc3ccccc32)[C@@H](c2c(F)cc(OCCOCCOCCOCC(=O)O)cc2F)N1CC(C)(C)F. The molecule has 0 saturated carbocycles. The van der Waals surface area contributed by atoms with Gasteiger partial charge in [0, 0.05) is 30.3 Å². The minimum Gasteiger partial charge on any atom is -0.491 e. The normalized spacial score (nSPS) is 18.9. The van der Waals surface area contributed by atoms with Gasteiger partial charge in [0.2, 0.25) is 0 Å². The Morgan fingerprint density at radius 2 is 1.61 bits per heavy atom. The summed E-state index contributed by atoms with van der Waals surface area (Å²) in [6, 6.07) is 9.52. The van der Waals surface area contributed by atoms with E-state index in [1.165, 1.54) is 26.0 Å². The molecule has 2 aromatic carbocycles. The van der Waals surface area contributed by atoms with Crippen LogP contribution in [-0.2, 0) is 25.4 Å². The molecule has 1 aliphatic heterocycles. The maximum absolute atomic E-state index is 15.7. The van der Waals surface area contributed by atoms with Gasteiger partial charge in [-0.15, -0.1) is 0 Å². The predicted octanol–water partition coefficient (Wildman–Crippen LogP) is 5.37. The van der Waals surface area contributed by atoms with Gasteiger partial charge in [0.05, 0.1) is 39.1 Å². The van der Waals surface area contributed by atoms with E-state index in [9.17, 15) is 9.18 Å². The molecule has 0 unspecified atom stereocenters. The fourth-order valence-corrected chi connectivity index (χ4v) is 5.57. The van der Waals surface area contributed by atoms with E-state index in [1.807, 2.05) is 36.1 Å². The van der Waals surface area contributed by atoms with Crippen LogP contribution >= 0.6 is 0 Å². The lowest BCUT2D eigenvalue weighted by molar-refractivity contribution is -0.142. The molecular weight excluding hydrogens is 539 g/mol. The molecule has 0 amide bonds. The van der Waals surface area contributed by atoms with Crippen molar-refractivity contribution in [3.05, 3.63) is 70.3 Å². The van der Waals surface area contributed by atoms with Crippen LogP contribution in [0.4, 0.5) is 13.2 Å². The average molecular weight is 578 g/mol. The number of hydrogen-bond donors (Lipinski definition) is 1. The molecule has 7 nitrogen and oxygen atoms in total. The van der Waals surface area contributed by atoms with Gasteiger partial charge in [-0.05, 0) is 55.9 Å². The standard InChI is InChI=1S/C31H38F3NO6/c1-20-14-24-23-7-5-4-6-21(23)15-25(24)30(35(20)19-31(2,3)34)29-26(32)16-22(17-27(29)33)41-13-12-39-9-8-38-10-11-40-18-28(36)37/h4-7,16-17,20,30H,8-15,18-19H2,1-3H3,(H,36,37)/t20-,30+/m1/s1. The van der Waals surface area contributed by atoms with Crippen LogP contribution in [0, 0.1) is 11.6 Å². The number of aliphatic carboxylic acids is 1. The number of halogens is 3. The Kier molecular flexibility index (Phi) is 10.5. The molecule has 0 bridgehead atoms. The van der Waals surface area contributed by atoms with Crippen molar-refractivity contribution in [2.24, 2.45) is 0 Å². The summed E-state index contributed by atoms with van der Waals surface area (Å²) < 4.78 is 67.4. The molecule has 1 aliphatic carbocycles. The molecule has 4 rings (SSSR count). The minimum atomic E-state index is -1.55. The molecule has 2 aromatic rings. The summed E-state index contributed by atoms with van der Waals surface area (Å²) in [5.41, 5.74) is 2.60. The van der Waals surface area contributed by atoms with E-state index >= 15 is 8.78 Å². The van der Waals surface area contributed by atoms with Gasteiger partial charge in [0.25, 0.3) is 0 Å². The Bertz CT molecular complexity index is 1220. The number of hydrogen-bond acceptors (Lipinski definition) is 6. The molecule has 41 heavy (non-hydrogen) atoms. The van der Waals surface area contributed by atoms with Gasteiger partial charge in [-0.1, -0.05) is 24.3 Å². The Morgan fingerprint density at radius 3 is 2.24 bits per heavy atom. The summed E-state index contributed by atoms with van der Waals surface area (Å²) in [6.07, 6.45) is 1.26. The molecule has 1 N–H and O–H groups in total. The zero-order valence-corrected chi connectivity index (χ0v) is 23.8. The fourth-order valence-electron chi connectivity index (χ4n) is 5.57. The highest BCUT2D eigenvalue weighted by Gasteiger charge is 2.42. The zero-order valence-electron chi connectivity index (χ0n) is 23.8. The zero-order chi connectivity index (χ0) is 29.6. The van der Waals surface area contributed by atoms with Gasteiger partial charge in [0.1, 0.15) is 36.3 Å². The number of nitrogens with zero attached hydrogens (tertiary/aromatic N) is 1. The first-order chi connectivity index (χ1) is 19.5. The van der Waals surface area contributed by atoms with Gasteiger partial charge in [-0.3, -0.25) is 4.90 Å². The van der Waals surface area contributed by atoms with Crippen LogP contribution in [-0.4, -0.2) is 80.5 Å². The summed E-state index contributed by atoms with van der Waals surface area (Å²) in [4.78, 5) is 12.2. The van der Waals surface area contributed by atoms with E-state index in [2.05, 4.69) is 0 Å². The van der Waals surface area contributed by atoms with E-state index in [4.69, 9.17) is 24.1 Å². The van der Waals surface area contributed by atoms with Crippen molar-refractivity contribution >= 4 is 11.5 Å². The van der Waals surface area contributed by atoms with Crippen molar-refractivity contribution in [3.63, 3.8) is 0 Å². The van der Waals surface area contributed by atoms with Crippen LogP contribution in [0.25, 0.3) is 5.57 Å². The Morgan fingerprint density at radius 1 is 1.00 bits per heavy atom. The number of ether oxygens (including phenoxy) is 4.